The zero-order valence-electron chi connectivity index (χ0n) is 19.0. The Morgan fingerprint density at radius 3 is 1.07 bits per heavy atom. The Bertz CT molecular complexity index is 385. The first-order chi connectivity index (χ1) is 13.6. The molecule has 3 aliphatic rings. The van der Waals surface area contributed by atoms with E-state index in [1.165, 1.54) is 83.5 Å². The highest BCUT2D eigenvalue weighted by atomic mass is 28.4. The minimum atomic E-state index is -2.32. The van der Waals surface area contributed by atoms with Gasteiger partial charge in [0.05, 0.1) is 0 Å². The van der Waals surface area contributed by atoms with E-state index in [1.807, 2.05) is 14.2 Å². The van der Waals surface area contributed by atoms with Crippen molar-refractivity contribution in [2.75, 3.05) is 35.5 Å². The molecule has 7 heteroatoms. The Kier molecular flexibility index (Phi) is 10.7. The van der Waals surface area contributed by atoms with Gasteiger partial charge in [-0.1, -0.05) is 44.9 Å². The molecule has 3 rings (SSSR count). The molecule has 166 valence electrons. The third-order valence-corrected chi connectivity index (χ3v) is 15.4. The maximum Gasteiger partial charge on any atom is 0.503 e. The molecule has 0 amide bonds. The zero-order valence-corrected chi connectivity index (χ0v) is 21.0. The lowest BCUT2D eigenvalue weighted by atomic mass is 10.0. The van der Waals surface area contributed by atoms with Crippen molar-refractivity contribution in [3.63, 3.8) is 0 Å². The van der Waals surface area contributed by atoms with Crippen LogP contribution in [0.1, 0.15) is 83.5 Å². The molecule has 0 aromatic carbocycles. The first-order valence-electron chi connectivity index (χ1n) is 11.4. The molecule has 3 aliphatic carbocycles. The minimum Gasteiger partial charge on any atom is -0.397 e. The smallest absolute Gasteiger partial charge is 0.397 e. The molecule has 3 fully saturated rings. The Hall–Kier alpha value is 0.234. The molecule has 3 saturated carbocycles. The van der Waals surface area contributed by atoms with Crippen LogP contribution in [0.3, 0.4) is 0 Å². The van der Waals surface area contributed by atoms with Gasteiger partial charge in [0, 0.05) is 52.2 Å². The number of hydrogen-bond acceptors (Lipinski definition) is 5. The average molecular weight is 433 g/mol. The van der Waals surface area contributed by atoms with Crippen LogP contribution in [0.4, 0.5) is 0 Å². The fourth-order valence-corrected chi connectivity index (χ4v) is 13.2. The molecule has 0 spiro atoms. The van der Waals surface area contributed by atoms with Gasteiger partial charge in [0.2, 0.25) is 0 Å². The van der Waals surface area contributed by atoms with Crippen molar-refractivity contribution in [2.45, 2.75) is 100 Å². The molecule has 0 aliphatic heterocycles. The second-order valence-electron chi connectivity index (χ2n) is 8.64. The Morgan fingerprint density at radius 2 is 0.750 bits per heavy atom. The molecule has 0 aromatic rings. The Morgan fingerprint density at radius 1 is 0.429 bits per heavy atom. The standard InChI is InChI=1S/C12H24O2Si.C9H20O3Si/c1-13-15(14-2,11-7-3-4-8-11)12-9-5-6-10-12;1-10-13(11-2,12-3)9-7-5-4-6-8-9/h11-12H,3-10H2,1-2H3;9H,4-8H2,1-3H3. The fourth-order valence-electron chi connectivity index (χ4n) is 5.95. The summed E-state index contributed by atoms with van der Waals surface area (Å²) in [6, 6.07) is 0. The topological polar surface area (TPSA) is 46.2 Å². The first kappa shape index (κ1) is 24.5. The SMILES string of the molecule is CO[Si](OC)(C1CCCC1)C1CCCC1.CO[Si](OC)(OC)C1CCCCC1. The van der Waals surface area contributed by atoms with E-state index in [1.54, 1.807) is 21.3 Å². The van der Waals surface area contributed by atoms with Crippen LogP contribution in [0.2, 0.25) is 16.6 Å². The van der Waals surface area contributed by atoms with Crippen LogP contribution in [0.5, 0.6) is 0 Å². The van der Waals surface area contributed by atoms with E-state index in [-0.39, 0.29) is 0 Å². The summed E-state index contributed by atoms with van der Waals surface area (Å²) >= 11 is 0. The van der Waals surface area contributed by atoms with Gasteiger partial charge in [-0.25, -0.2) is 0 Å². The summed E-state index contributed by atoms with van der Waals surface area (Å²) in [6.45, 7) is 0. The molecule has 28 heavy (non-hydrogen) atoms. The van der Waals surface area contributed by atoms with Crippen molar-refractivity contribution in [1.82, 2.24) is 0 Å². The summed E-state index contributed by atoms with van der Waals surface area (Å²) < 4.78 is 28.4. The lowest BCUT2D eigenvalue weighted by Gasteiger charge is -2.37. The third-order valence-electron chi connectivity index (χ3n) is 7.45. The second kappa shape index (κ2) is 12.2. The maximum atomic E-state index is 5.97. The number of rotatable bonds is 8. The molecule has 0 aromatic heterocycles. The normalized spacial score (nSPS) is 23.0. The summed E-state index contributed by atoms with van der Waals surface area (Å²) in [6.07, 6.45) is 17.3. The highest BCUT2D eigenvalue weighted by Gasteiger charge is 2.52. The van der Waals surface area contributed by atoms with E-state index in [0.717, 1.165) is 11.1 Å². The van der Waals surface area contributed by atoms with Gasteiger partial charge in [-0.05, 0) is 38.5 Å². The largest absolute Gasteiger partial charge is 0.503 e. The summed E-state index contributed by atoms with van der Waals surface area (Å²) in [5.41, 5.74) is 2.06. The van der Waals surface area contributed by atoms with Gasteiger partial charge in [-0.15, -0.1) is 0 Å². The van der Waals surface area contributed by atoms with Crippen LogP contribution in [-0.4, -0.2) is 52.9 Å². The van der Waals surface area contributed by atoms with Gasteiger partial charge < -0.3 is 22.1 Å². The van der Waals surface area contributed by atoms with Crippen LogP contribution < -0.4 is 0 Å². The van der Waals surface area contributed by atoms with Crippen LogP contribution in [0.25, 0.3) is 0 Å². The molecule has 0 atom stereocenters. The van der Waals surface area contributed by atoms with Crippen molar-refractivity contribution in [2.24, 2.45) is 0 Å². The maximum absolute atomic E-state index is 5.97. The van der Waals surface area contributed by atoms with Crippen LogP contribution >= 0.6 is 0 Å². The van der Waals surface area contributed by atoms with Crippen LogP contribution in [0, 0.1) is 0 Å². The van der Waals surface area contributed by atoms with Crippen LogP contribution in [-0.2, 0) is 22.1 Å². The van der Waals surface area contributed by atoms with E-state index in [0.29, 0.717) is 5.54 Å². The van der Waals surface area contributed by atoms with Gasteiger partial charge in [-0.3, -0.25) is 0 Å². The Balaban J connectivity index is 0.000000203. The summed E-state index contributed by atoms with van der Waals surface area (Å²) in [4.78, 5) is 0. The molecule has 0 saturated heterocycles. The minimum absolute atomic E-state index is 0.515. The van der Waals surface area contributed by atoms with Gasteiger partial charge in [0.15, 0.2) is 0 Å². The van der Waals surface area contributed by atoms with E-state index in [4.69, 9.17) is 22.1 Å². The van der Waals surface area contributed by atoms with E-state index >= 15 is 0 Å². The van der Waals surface area contributed by atoms with Crippen molar-refractivity contribution in [1.29, 1.82) is 0 Å². The van der Waals surface area contributed by atoms with Crippen molar-refractivity contribution < 1.29 is 22.1 Å². The summed E-state index contributed by atoms with van der Waals surface area (Å²) in [5.74, 6) is 0. The summed E-state index contributed by atoms with van der Waals surface area (Å²) in [7, 11) is 4.70. The lowest BCUT2D eigenvalue weighted by molar-refractivity contribution is 0.104. The highest BCUT2D eigenvalue weighted by Crippen LogP contribution is 2.50. The number of hydrogen-bond donors (Lipinski definition) is 0. The molecule has 5 nitrogen and oxygen atoms in total. The van der Waals surface area contributed by atoms with E-state index < -0.39 is 17.4 Å². The Labute approximate surface area is 175 Å². The van der Waals surface area contributed by atoms with Crippen LogP contribution in [0.15, 0.2) is 0 Å². The average Bonchev–Trinajstić information content (AvgIpc) is 3.48. The van der Waals surface area contributed by atoms with E-state index in [9.17, 15) is 0 Å². The molecule has 0 unspecified atom stereocenters. The highest BCUT2D eigenvalue weighted by molar-refractivity contribution is 6.70. The molecule has 0 heterocycles. The molecule has 0 radical (unpaired) electrons. The van der Waals surface area contributed by atoms with Gasteiger partial charge in [0.25, 0.3) is 0 Å². The first-order valence-corrected chi connectivity index (χ1v) is 15.2. The van der Waals surface area contributed by atoms with Crippen molar-refractivity contribution in [3.8, 4) is 0 Å². The van der Waals surface area contributed by atoms with Gasteiger partial charge >= 0.3 is 17.4 Å². The monoisotopic (exact) mass is 432 g/mol. The lowest BCUT2D eigenvalue weighted by Crippen LogP contribution is -2.48. The quantitative estimate of drug-likeness (QED) is 0.453. The predicted octanol–water partition coefficient (Wildman–Crippen LogP) is 5.81. The van der Waals surface area contributed by atoms with Gasteiger partial charge in [0.1, 0.15) is 0 Å². The van der Waals surface area contributed by atoms with Crippen molar-refractivity contribution >= 4 is 17.4 Å². The zero-order chi connectivity index (χ0) is 20.5. The molecule has 0 bridgehead atoms. The second-order valence-corrected chi connectivity index (χ2v) is 15.8. The van der Waals surface area contributed by atoms with Gasteiger partial charge in [-0.2, -0.15) is 0 Å². The summed E-state index contributed by atoms with van der Waals surface area (Å²) in [5, 5.41) is 0. The molecular weight excluding hydrogens is 388 g/mol. The third kappa shape index (κ3) is 5.48. The van der Waals surface area contributed by atoms with Crippen molar-refractivity contribution in [3.05, 3.63) is 0 Å². The molecular formula is C21H44O5Si2. The predicted molar refractivity (Wildman–Crippen MR) is 118 cm³/mol. The molecule has 0 N–H and O–H groups in total. The van der Waals surface area contributed by atoms with E-state index in [2.05, 4.69) is 0 Å². The fraction of sp³-hybridized carbons (Fsp3) is 1.00.